The first-order chi connectivity index (χ1) is 11.4. The summed E-state index contributed by atoms with van der Waals surface area (Å²) < 4.78 is 53.1. The normalized spacial score (nSPS) is 26.4. The highest BCUT2D eigenvalue weighted by molar-refractivity contribution is 5.25. The number of nitrogens with zero attached hydrogens (tertiary/aromatic N) is 1. The number of aromatic nitrogens is 1. The van der Waals surface area contributed by atoms with Crippen molar-refractivity contribution in [1.29, 1.82) is 0 Å². The van der Waals surface area contributed by atoms with Crippen LogP contribution in [0.2, 0.25) is 0 Å². The van der Waals surface area contributed by atoms with E-state index in [1.807, 2.05) is 0 Å². The number of hydrogen-bond donors (Lipinski definition) is 1. The Balaban J connectivity index is 1.88. The molecule has 6 heteroatoms. The number of unbranched alkanes of at least 4 members (excludes halogenated alkanes) is 1. The summed E-state index contributed by atoms with van der Waals surface area (Å²) in [7, 11) is 0. The first-order valence-corrected chi connectivity index (χ1v) is 8.82. The van der Waals surface area contributed by atoms with Crippen LogP contribution in [0.3, 0.4) is 0 Å². The van der Waals surface area contributed by atoms with Crippen LogP contribution in [0.25, 0.3) is 0 Å². The highest BCUT2D eigenvalue weighted by Crippen LogP contribution is 2.62. The van der Waals surface area contributed by atoms with Crippen molar-refractivity contribution in [2.45, 2.75) is 57.5 Å². The maximum Gasteiger partial charge on any atom is 0.433 e. The Morgan fingerprint density at radius 3 is 2.58 bits per heavy atom. The summed E-state index contributed by atoms with van der Waals surface area (Å²) in [5.41, 5.74) is -0.803. The van der Waals surface area contributed by atoms with Gasteiger partial charge in [0.2, 0.25) is 0 Å². The molecule has 3 rings (SSSR count). The highest BCUT2D eigenvalue weighted by atomic mass is 19.4. The molecular weight excluding hydrogens is 320 g/mol. The van der Waals surface area contributed by atoms with Gasteiger partial charge in [-0.2, -0.15) is 13.2 Å². The fraction of sp³-hybridized carbons (Fsp3) is 0.722. The van der Waals surface area contributed by atoms with E-state index in [0.29, 0.717) is 0 Å². The lowest BCUT2D eigenvalue weighted by atomic mass is 9.48. The van der Waals surface area contributed by atoms with Crippen LogP contribution in [-0.4, -0.2) is 18.1 Å². The second-order valence-electron chi connectivity index (χ2n) is 7.23. The Kier molecular flexibility index (Phi) is 4.87. The summed E-state index contributed by atoms with van der Waals surface area (Å²) in [5.74, 6) is -0.541. The molecule has 0 amide bonds. The number of piperidine rings is 1. The van der Waals surface area contributed by atoms with Crippen LogP contribution >= 0.6 is 0 Å². The summed E-state index contributed by atoms with van der Waals surface area (Å²) in [6.45, 7) is 3.98. The molecule has 1 saturated carbocycles. The highest BCUT2D eigenvalue weighted by Gasteiger charge is 2.54. The SMILES string of the molecule is CCCCC1C(c2nc(C(F)(F)F)ccc2F)CC12CCNCC2. The van der Waals surface area contributed by atoms with E-state index in [1.165, 1.54) is 0 Å². The Morgan fingerprint density at radius 1 is 1.25 bits per heavy atom. The van der Waals surface area contributed by atoms with Gasteiger partial charge in [-0.3, -0.25) is 0 Å². The molecule has 1 saturated heterocycles. The van der Waals surface area contributed by atoms with Crippen molar-refractivity contribution in [2.24, 2.45) is 11.3 Å². The van der Waals surface area contributed by atoms with Crippen LogP contribution in [0.4, 0.5) is 17.6 Å². The molecular formula is C18H24F4N2. The van der Waals surface area contributed by atoms with Crippen molar-refractivity contribution in [2.75, 3.05) is 13.1 Å². The maximum atomic E-state index is 14.2. The zero-order valence-corrected chi connectivity index (χ0v) is 13.9. The second-order valence-corrected chi connectivity index (χ2v) is 7.23. The fourth-order valence-corrected chi connectivity index (χ4v) is 4.59. The average molecular weight is 344 g/mol. The van der Waals surface area contributed by atoms with E-state index in [9.17, 15) is 17.6 Å². The largest absolute Gasteiger partial charge is 0.433 e. The molecule has 0 aromatic carbocycles. The first-order valence-electron chi connectivity index (χ1n) is 8.82. The van der Waals surface area contributed by atoms with E-state index in [0.717, 1.165) is 63.7 Å². The topological polar surface area (TPSA) is 24.9 Å². The van der Waals surface area contributed by atoms with E-state index in [1.54, 1.807) is 0 Å². The smallest absolute Gasteiger partial charge is 0.317 e. The molecule has 1 N–H and O–H groups in total. The molecule has 0 bridgehead atoms. The molecule has 24 heavy (non-hydrogen) atoms. The third kappa shape index (κ3) is 3.17. The van der Waals surface area contributed by atoms with Crippen molar-refractivity contribution in [3.63, 3.8) is 0 Å². The van der Waals surface area contributed by atoms with E-state index >= 15 is 0 Å². The molecule has 2 unspecified atom stereocenters. The lowest BCUT2D eigenvalue weighted by Crippen LogP contribution is -2.52. The molecule has 1 aromatic rings. The van der Waals surface area contributed by atoms with Crippen LogP contribution in [-0.2, 0) is 6.18 Å². The summed E-state index contributed by atoms with van der Waals surface area (Å²) in [6.07, 6.45) is 1.29. The first kappa shape index (κ1) is 17.6. The standard InChI is InChI=1S/C18H24F4N2/c1-2-3-4-13-12(11-17(13)7-9-23-10-8-17)16-14(19)5-6-15(24-16)18(20,21)22/h5-6,12-13,23H,2-4,7-11H2,1H3. The molecule has 2 heterocycles. The number of pyridine rings is 1. The van der Waals surface area contributed by atoms with Gasteiger partial charge in [0.25, 0.3) is 0 Å². The monoisotopic (exact) mass is 344 g/mol. The van der Waals surface area contributed by atoms with Crippen LogP contribution in [0.1, 0.15) is 62.8 Å². The summed E-state index contributed by atoms with van der Waals surface area (Å²) >= 11 is 0. The van der Waals surface area contributed by atoms with Crippen LogP contribution < -0.4 is 5.32 Å². The minimum atomic E-state index is -4.53. The van der Waals surface area contributed by atoms with Gasteiger partial charge >= 0.3 is 6.18 Å². The van der Waals surface area contributed by atoms with Crippen LogP contribution in [0.15, 0.2) is 12.1 Å². The zero-order chi connectivity index (χ0) is 17.4. The van der Waals surface area contributed by atoms with Gasteiger partial charge in [-0.1, -0.05) is 19.8 Å². The predicted octanol–water partition coefficient (Wildman–Crippen LogP) is 4.90. The van der Waals surface area contributed by atoms with Crippen molar-refractivity contribution in [1.82, 2.24) is 10.3 Å². The van der Waals surface area contributed by atoms with Crippen molar-refractivity contribution < 1.29 is 17.6 Å². The molecule has 2 nitrogen and oxygen atoms in total. The molecule has 2 aliphatic rings. The molecule has 1 aliphatic heterocycles. The minimum absolute atomic E-state index is 0.0232. The summed E-state index contributed by atoms with van der Waals surface area (Å²) in [5, 5.41) is 3.34. The van der Waals surface area contributed by atoms with Crippen LogP contribution in [0.5, 0.6) is 0 Å². The van der Waals surface area contributed by atoms with Gasteiger partial charge in [-0.15, -0.1) is 0 Å². The van der Waals surface area contributed by atoms with Crippen molar-refractivity contribution in [3.8, 4) is 0 Å². The van der Waals surface area contributed by atoms with Gasteiger partial charge in [-0.05, 0) is 62.2 Å². The average Bonchev–Trinajstić information content (AvgIpc) is 2.54. The number of nitrogens with one attached hydrogen (secondary N) is 1. The van der Waals surface area contributed by atoms with Crippen molar-refractivity contribution >= 4 is 0 Å². The molecule has 1 aliphatic carbocycles. The van der Waals surface area contributed by atoms with Crippen LogP contribution in [0, 0.1) is 17.2 Å². The third-order valence-electron chi connectivity index (χ3n) is 5.88. The third-order valence-corrected chi connectivity index (χ3v) is 5.88. The van der Waals surface area contributed by atoms with Crippen molar-refractivity contribution in [3.05, 3.63) is 29.3 Å². The van der Waals surface area contributed by atoms with Gasteiger partial charge in [0.05, 0.1) is 5.69 Å². The molecule has 1 spiro atoms. The predicted molar refractivity (Wildman–Crippen MR) is 84.1 cm³/mol. The molecule has 1 aromatic heterocycles. The molecule has 134 valence electrons. The molecule has 2 fully saturated rings. The lowest BCUT2D eigenvalue weighted by Gasteiger charge is -2.57. The quantitative estimate of drug-likeness (QED) is 0.786. The fourth-order valence-electron chi connectivity index (χ4n) is 4.59. The number of halogens is 4. The molecule has 2 atom stereocenters. The van der Waals surface area contributed by atoms with Gasteiger partial charge in [0.15, 0.2) is 0 Å². The van der Waals surface area contributed by atoms with E-state index < -0.39 is 17.7 Å². The number of rotatable bonds is 4. The Morgan fingerprint density at radius 2 is 1.96 bits per heavy atom. The van der Waals surface area contributed by atoms with E-state index in [2.05, 4.69) is 17.2 Å². The molecule has 0 radical (unpaired) electrons. The Bertz CT molecular complexity index is 579. The Labute approximate surface area is 140 Å². The van der Waals surface area contributed by atoms with E-state index in [-0.39, 0.29) is 22.9 Å². The van der Waals surface area contributed by atoms with Gasteiger partial charge < -0.3 is 5.32 Å². The van der Waals surface area contributed by atoms with Gasteiger partial charge in [0, 0.05) is 5.92 Å². The second kappa shape index (κ2) is 6.62. The zero-order valence-electron chi connectivity index (χ0n) is 13.9. The lowest BCUT2D eigenvalue weighted by molar-refractivity contribution is -0.141. The summed E-state index contributed by atoms with van der Waals surface area (Å²) in [4.78, 5) is 3.69. The van der Waals surface area contributed by atoms with Gasteiger partial charge in [0.1, 0.15) is 11.5 Å². The number of hydrogen-bond acceptors (Lipinski definition) is 2. The Hall–Kier alpha value is -1.17. The minimum Gasteiger partial charge on any atom is -0.317 e. The maximum absolute atomic E-state index is 14.2. The van der Waals surface area contributed by atoms with E-state index in [4.69, 9.17) is 0 Å². The summed E-state index contributed by atoms with van der Waals surface area (Å²) in [6, 6.07) is 1.66. The van der Waals surface area contributed by atoms with Gasteiger partial charge in [-0.25, -0.2) is 9.37 Å². The number of alkyl halides is 3.